The molecule has 0 amide bonds. The molecule has 2 aromatic heterocycles. The van der Waals surface area contributed by atoms with Crippen LogP contribution in [0.1, 0.15) is 35.4 Å². The smallest absolute Gasteiger partial charge is 0.338 e. The van der Waals surface area contributed by atoms with Gasteiger partial charge in [-0.15, -0.1) is 0 Å². The molecule has 3 rings (SSSR count). The molecule has 0 radical (unpaired) electrons. The van der Waals surface area contributed by atoms with E-state index >= 15 is 0 Å². The molecule has 1 atom stereocenters. The average molecular weight is 275 g/mol. The number of hydrogen-bond acceptors (Lipinski definition) is 5. The molecule has 0 N–H and O–H groups in total. The number of carbonyl (C=O) groups is 1. The second-order valence-corrected chi connectivity index (χ2v) is 4.93. The number of fused-ring (bicyclic) bond motifs is 1. The predicted molar refractivity (Wildman–Crippen MR) is 71.6 cm³/mol. The Labute approximate surface area is 116 Å². The Balaban J connectivity index is 1.81. The van der Waals surface area contributed by atoms with Crippen molar-refractivity contribution < 1.29 is 14.3 Å². The fraction of sp³-hybridized carbons (Fsp3) is 0.500. The summed E-state index contributed by atoms with van der Waals surface area (Å²) in [6.45, 7) is 0.824. The molecule has 0 aliphatic carbocycles. The normalized spacial score (nSPS) is 19.1. The Morgan fingerprint density at radius 2 is 2.45 bits per heavy atom. The lowest BCUT2D eigenvalue weighted by Crippen LogP contribution is -2.21. The molecular formula is C14H17N3O3. The summed E-state index contributed by atoms with van der Waals surface area (Å²) in [6.07, 6.45) is 6.04. The second kappa shape index (κ2) is 5.58. The maximum atomic E-state index is 11.5. The number of esters is 1. The Hall–Kier alpha value is -1.95. The van der Waals surface area contributed by atoms with Gasteiger partial charge in [-0.25, -0.2) is 14.3 Å². The van der Waals surface area contributed by atoms with E-state index in [0.29, 0.717) is 11.2 Å². The number of rotatable bonds is 3. The molecule has 0 spiro atoms. The minimum absolute atomic E-state index is 0.209. The molecule has 0 saturated carbocycles. The zero-order valence-corrected chi connectivity index (χ0v) is 11.4. The van der Waals surface area contributed by atoms with Crippen LogP contribution in [-0.4, -0.2) is 40.4 Å². The first-order chi connectivity index (χ1) is 9.76. The van der Waals surface area contributed by atoms with Crippen molar-refractivity contribution in [2.75, 3.05) is 13.7 Å². The fourth-order valence-corrected chi connectivity index (χ4v) is 2.43. The summed E-state index contributed by atoms with van der Waals surface area (Å²) < 4.78 is 12.1. The molecular weight excluding hydrogens is 258 g/mol. The molecule has 1 unspecified atom stereocenters. The van der Waals surface area contributed by atoms with Crippen molar-refractivity contribution in [1.29, 1.82) is 0 Å². The van der Waals surface area contributed by atoms with E-state index in [1.54, 1.807) is 22.8 Å². The summed E-state index contributed by atoms with van der Waals surface area (Å²) in [4.78, 5) is 15.9. The highest BCUT2D eigenvalue weighted by atomic mass is 16.5. The van der Waals surface area contributed by atoms with Crippen molar-refractivity contribution in [3.8, 4) is 0 Å². The van der Waals surface area contributed by atoms with Gasteiger partial charge in [0.05, 0.1) is 18.8 Å². The van der Waals surface area contributed by atoms with Crippen LogP contribution in [0.4, 0.5) is 0 Å². The standard InChI is InChI=1S/C14H17N3O3/c1-19-14(18)10-5-6-17-13(8-10)15-12(16-17)9-11-4-2-3-7-20-11/h5-6,8,11H,2-4,7,9H2,1H3. The Kier molecular flexibility index (Phi) is 3.64. The zero-order chi connectivity index (χ0) is 13.9. The molecule has 0 bridgehead atoms. The Morgan fingerprint density at radius 3 is 3.20 bits per heavy atom. The predicted octanol–water partition coefficient (Wildman–Crippen LogP) is 1.63. The van der Waals surface area contributed by atoms with Gasteiger partial charge in [-0.05, 0) is 31.4 Å². The number of ether oxygens (including phenoxy) is 2. The lowest BCUT2D eigenvalue weighted by Gasteiger charge is -2.20. The fourth-order valence-electron chi connectivity index (χ4n) is 2.43. The third-order valence-electron chi connectivity index (χ3n) is 3.49. The van der Waals surface area contributed by atoms with Gasteiger partial charge in [-0.2, -0.15) is 5.10 Å². The quantitative estimate of drug-likeness (QED) is 0.796. The van der Waals surface area contributed by atoms with Gasteiger partial charge in [0.15, 0.2) is 11.5 Å². The zero-order valence-electron chi connectivity index (χ0n) is 11.4. The minimum atomic E-state index is -0.368. The molecule has 2 aromatic rings. The second-order valence-electron chi connectivity index (χ2n) is 4.93. The van der Waals surface area contributed by atoms with E-state index in [2.05, 4.69) is 10.1 Å². The molecule has 106 valence electrons. The highest BCUT2D eigenvalue weighted by Gasteiger charge is 2.17. The summed E-state index contributed by atoms with van der Waals surface area (Å²) in [5.74, 6) is 0.381. The van der Waals surface area contributed by atoms with E-state index in [9.17, 15) is 4.79 Å². The van der Waals surface area contributed by atoms with E-state index in [0.717, 1.165) is 31.7 Å². The molecule has 1 fully saturated rings. The van der Waals surface area contributed by atoms with Gasteiger partial charge >= 0.3 is 5.97 Å². The average Bonchev–Trinajstić information content (AvgIpc) is 2.88. The van der Waals surface area contributed by atoms with Crippen LogP contribution >= 0.6 is 0 Å². The number of carbonyl (C=O) groups excluding carboxylic acids is 1. The molecule has 20 heavy (non-hydrogen) atoms. The summed E-state index contributed by atoms with van der Waals surface area (Å²) >= 11 is 0. The number of methoxy groups -OCH3 is 1. The maximum Gasteiger partial charge on any atom is 0.338 e. The molecule has 6 heteroatoms. The van der Waals surface area contributed by atoms with Crippen LogP contribution in [0, 0.1) is 0 Å². The third-order valence-corrected chi connectivity index (χ3v) is 3.49. The van der Waals surface area contributed by atoms with Gasteiger partial charge in [-0.1, -0.05) is 0 Å². The summed E-state index contributed by atoms with van der Waals surface area (Å²) in [6, 6.07) is 3.36. The largest absolute Gasteiger partial charge is 0.465 e. The Bertz CT molecular complexity index is 617. The topological polar surface area (TPSA) is 65.7 Å². The van der Waals surface area contributed by atoms with E-state index in [-0.39, 0.29) is 12.1 Å². The SMILES string of the molecule is COC(=O)c1ccn2nc(CC3CCCCO3)nc2c1. The van der Waals surface area contributed by atoms with Gasteiger partial charge in [0.25, 0.3) is 0 Å². The number of aromatic nitrogens is 3. The van der Waals surface area contributed by atoms with Crippen LogP contribution in [0.2, 0.25) is 0 Å². The maximum absolute atomic E-state index is 11.5. The van der Waals surface area contributed by atoms with Crippen LogP contribution in [-0.2, 0) is 15.9 Å². The monoisotopic (exact) mass is 275 g/mol. The van der Waals surface area contributed by atoms with E-state index in [4.69, 9.17) is 9.47 Å². The van der Waals surface area contributed by atoms with Crippen molar-refractivity contribution >= 4 is 11.6 Å². The van der Waals surface area contributed by atoms with E-state index in [1.165, 1.54) is 13.5 Å². The first-order valence-corrected chi connectivity index (χ1v) is 6.81. The van der Waals surface area contributed by atoms with Gasteiger partial charge < -0.3 is 9.47 Å². The van der Waals surface area contributed by atoms with Gasteiger partial charge in [-0.3, -0.25) is 0 Å². The number of hydrogen-bond donors (Lipinski definition) is 0. The van der Waals surface area contributed by atoms with Gasteiger partial charge in [0, 0.05) is 19.2 Å². The van der Waals surface area contributed by atoms with Crippen molar-refractivity contribution in [2.24, 2.45) is 0 Å². The summed E-state index contributed by atoms with van der Waals surface area (Å²) in [7, 11) is 1.36. The molecule has 0 aromatic carbocycles. The van der Waals surface area contributed by atoms with Gasteiger partial charge in [0.1, 0.15) is 0 Å². The van der Waals surface area contributed by atoms with Crippen LogP contribution in [0.5, 0.6) is 0 Å². The molecule has 1 saturated heterocycles. The first kappa shape index (κ1) is 13.1. The molecule has 6 nitrogen and oxygen atoms in total. The summed E-state index contributed by atoms with van der Waals surface area (Å²) in [5, 5.41) is 4.41. The third kappa shape index (κ3) is 2.65. The Morgan fingerprint density at radius 1 is 1.55 bits per heavy atom. The molecule has 1 aliphatic rings. The summed E-state index contributed by atoms with van der Waals surface area (Å²) in [5.41, 5.74) is 1.13. The van der Waals surface area contributed by atoms with Crippen molar-refractivity contribution in [3.05, 3.63) is 29.7 Å². The highest BCUT2D eigenvalue weighted by Crippen LogP contribution is 2.16. The van der Waals surface area contributed by atoms with E-state index in [1.807, 2.05) is 0 Å². The lowest BCUT2D eigenvalue weighted by molar-refractivity contribution is 0.0157. The van der Waals surface area contributed by atoms with Crippen LogP contribution in [0.25, 0.3) is 5.65 Å². The highest BCUT2D eigenvalue weighted by molar-refractivity contribution is 5.90. The first-order valence-electron chi connectivity index (χ1n) is 6.81. The van der Waals surface area contributed by atoms with Crippen LogP contribution in [0.15, 0.2) is 18.3 Å². The minimum Gasteiger partial charge on any atom is -0.465 e. The molecule has 3 heterocycles. The number of pyridine rings is 1. The van der Waals surface area contributed by atoms with Gasteiger partial charge in [0.2, 0.25) is 0 Å². The van der Waals surface area contributed by atoms with Crippen molar-refractivity contribution in [3.63, 3.8) is 0 Å². The van der Waals surface area contributed by atoms with Crippen molar-refractivity contribution in [2.45, 2.75) is 31.8 Å². The molecule has 1 aliphatic heterocycles. The van der Waals surface area contributed by atoms with Crippen LogP contribution in [0.3, 0.4) is 0 Å². The lowest BCUT2D eigenvalue weighted by atomic mass is 10.1. The van der Waals surface area contributed by atoms with Crippen LogP contribution < -0.4 is 0 Å². The number of nitrogens with zero attached hydrogens (tertiary/aromatic N) is 3. The van der Waals surface area contributed by atoms with Crippen molar-refractivity contribution in [1.82, 2.24) is 14.6 Å². The van der Waals surface area contributed by atoms with E-state index < -0.39 is 0 Å².